The van der Waals surface area contributed by atoms with Crippen molar-refractivity contribution in [2.75, 3.05) is 19.8 Å². The molecule has 1 aromatic rings. The zero-order valence-corrected chi connectivity index (χ0v) is 10.4. The number of rotatable bonds is 5. The first-order valence-electron chi connectivity index (χ1n) is 6.26. The van der Waals surface area contributed by atoms with Crippen LogP contribution in [0.1, 0.15) is 25.0 Å². The van der Waals surface area contributed by atoms with Gasteiger partial charge in [0, 0.05) is 26.1 Å². The van der Waals surface area contributed by atoms with E-state index in [9.17, 15) is 9.90 Å². The van der Waals surface area contributed by atoms with E-state index in [1.165, 1.54) is 0 Å². The van der Waals surface area contributed by atoms with Gasteiger partial charge in [0.25, 0.3) is 0 Å². The summed E-state index contributed by atoms with van der Waals surface area (Å²) in [4.78, 5) is 11.9. The average molecular weight is 253 g/mol. The molecule has 1 saturated heterocycles. The van der Waals surface area contributed by atoms with Gasteiger partial charge in [-0.3, -0.25) is 4.79 Å². The summed E-state index contributed by atoms with van der Waals surface area (Å²) in [6.45, 7) is 1.13. The van der Waals surface area contributed by atoms with Crippen molar-refractivity contribution in [1.29, 1.82) is 0 Å². The maximum Gasteiger partial charge on any atom is 0.220 e. The Morgan fingerprint density at radius 3 is 2.83 bits per heavy atom. The molecule has 0 spiro atoms. The Bertz CT molecular complexity index is 368. The zero-order chi connectivity index (χ0) is 12.8. The maximum absolute atomic E-state index is 11.9. The van der Waals surface area contributed by atoms with Gasteiger partial charge in [0.05, 0.1) is 18.4 Å². The highest BCUT2D eigenvalue weighted by Gasteiger charge is 2.33. The van der Waals surface area contributed by atoms with Crippen molar-refractivity contribution in [3.63, 3.8) is 0 Å². The van der Waals surface area contributed by atoms with E-state index in [1.54, 1.807) is 12.3 Å². The summed E-state index contributed by atoms with van der Waals surface area (Å²) in [5, 5.41) is 12.4. The third-order valence-electron chi connectivity index (χ3n) is 3.34. The van der Waals surface area contributed by atoms with Crippen LogP contribution in [-0.4, -0.2) is 36.4 Å². The van der Waals surface area contributed by atoms with Crippen molar-refractivity contribution in [3.05, 3.63) is 24.2 Å². The van der Waals surface area contributed by atoms with E-state index in [2.05, 4.69) is 5.32 Å². The Morgan fingerprint density at radius 2 is 2.22 bits per heavy atom. The number of furan rings is 1. The Labute approximate surface area is 106 Å². The van der Waals surface area contributed by atoms with Gasteiger partial charge < -0.3 is 19.6 Å². The number of ether oxygens (including phenoxy) is 1. The summed E-state index contributed by atoms with van der Waals surface area (Å²) in [5.74, 6) is 0.748. The van der Waals surface area contributed by atoms with E-state index in [1.807, 2.05) is 6.07 Å². The quantitative estimate of drug-likeness (QED) is 0.816. The van der Waals surface area contributed by atoms with Crippen LogP contribution in [0.2, 0.25) is 0 Å². The molecule has 18 heavy (non-hydrogen) atoms. The fourth-order valence-electron chi connectivity index (χ4n) is 2.13. The molecule has 1 aromatic heterocycles. The monoisotopic (exact) mass is 253 g/mol. The molecule has 1 aliphatic rings. The van der Waals surface area contributed by atoms with Crippen LogP contribution in [0.3, 0.4) is 0 Å². The third-order valence-corrected chi connectivity index (χ3v) is 3.34. The lowest BCUT2D eigenvalue weighted by molar-refractivity contribution is -0.125. The van der Waals surface area contributed by atoms with E-state index in [4.69, 9.17) is 9.15 Å². The molecular weight excluding hydrogens is 234 g/mol. The van der Waals surface area contributed by atoms with E-state index in [-0.39, 0.29) is 12.5 Å². The van der Waals surface area contributed by atoms with Gasteiger partial charge in [-0.2, -0.15) is 0 Å². The van der Waals surface area contributed by atoms with Crippen molar-refractivity contribution < 1.29 is 19.1 Å². The molecule has 2 heterocycles. The van der Waals surface area contributed by atoms with Gasteiger partial charge in [-0.1, -0.05) is 0 Å². The summed E-state index contributed by atoms with van der Waals surface area (Å²) < 4.78 is 10.4. The highest BCUT2D eigenvalue weighted by atomic mass is 16.5. The number of aliphatic hydroxyl groups excluding tert-OH is 1. The minimum Gasteiger partial charge on any atom is -0.469 e. The first kappa shape index (κ1) is 13.1. The Balaban J connectivity index is 1.81. The number of aryl methyl sites for hydroxylation is 1. The predicted octanol–water partition coefficient (Wildman–Crippen LogP) is 0.870. The molecule has 0 aliphatic carbocycles. The van der Waals surface area contributed by atoms with Crippen molar-refractivity contribution in [3.8, 4) is 0 Å². The van der Waals surface area contributed by atoms with E-state index in [0.29, 0.717) is 38.9 Å². The first-order valence-corrected chi connectivity index (χ1v) is 6.26. The van der Waals surface area contributed by atoms with Crippen LogP contribution < -0.4 is 5.32 Å². The number of carbonyl (C=O) groups is 1. The molecule has 0 saturated carbocycles. The second-order valence-corrected chi connectivity index (χ2v) is 4.68. The lowest BCUT2D eigenvalue weighted by atomic mass is 9.90. The largest absolute Gasteiger partial charge is 0.469 e. The summed E-state index contributed by atoms with van der Waals surface area (Å²) in [5.41, 5.74) is -0.501. The van der Waals surface area contributed by atoms with Crippen LogP contribution in [0, 0.1) is 0 Å². The van der Waals surface area contributed by atoms with Gasteiger partial charge in [-0.15, -0.1) is 0 Å². The fourth-order valence-corrected chi connectivity index (χ4v) is 2.13. The molecule has 0 atom stereocenters. The molecule has 1 amide bonds. The normalized spacial score (nSPS) is 18.5. The number of nitrogens with one attached hydrogen (secondary N) is 1. The number of hydrogen-bond acceptors (Lipinski definition) is 4. The van der Waals surface area contributed by atoms with E-state index in [0.717, 1.165) is 5.76 Å². The van der Waals surface area contributed by atoms with Crippen LogP contribution in [0.4, 0.5) is 0 Å². The molecule has 2 N–H and O–H groups in total. The van der Waals surface area contributed by atoms with Gasteiger partial charge in [-0.25, -0.2) is 0 Å². The summed E-state index contributed by atoms with van der Waals surface area (Å²) in [6.07, 6.45) is 3.87. The molecular formula is C13H19NO4. The van der Waals surface area contributed by atoms with Crippen molar-refractivity contribution in [2.24, 2.45) is 0 Å². The molecule has 5 nitrogen and oxygen atoms in total. The summed E-state index contributed by atoms with van der Waals surface area (Å²) in [7, 11) is 0. The minimum absolute atomic E-state index is 0.0388. The zero-order valence-electron chi connectivity index (χ0n) is 10.4. The molecule has 0 bridgehead atoms. The lowest BCUT2D eigenvalue weighted by Crippen LogP contribution is -2.54. The molecule has 100 valence electrons. The van der Waals surface area contributed by atoms with Crippen LogP contribution in [0.25, 0.3) is 0 Å². The molecule has 2 rings (SSSR count). The summed E-state index contributed by atoms with van der Waals surface area (Å²) >= 11 is 0. The molecule has 5 heteroatoms. The number of carbonyl (C=O) groups excluding carboxylic acids is 1. The maximum atomic E-state index is 11.9. The van der Waals surface area contributed by atoms with Crippen molar-refractivity contribution in [2.45, 2.75) is 31.2 Å². The van der Waals surface area contributed by atoms with Gasteiger partial charge >= 0.3 is 0 Å². The number of amides is 1. The van der Waals surface area contributed by atoms with Crippen LogP contribution in [0.5, 0.6) is 0 Å². The van der Waals surface area contributed by atoms with Crippen LogP contribution >= 0.6 is 0 Å². The summed E-state index contributed by atoms with van der Waals surface area (Å²) in [6, 6.07) is 3.66. The smallest absolute Gasteiger partial charge is 0.220 e. The SMILES string of the molecule is O=C(CCc1ccco1)NC1(CO)CCOCC1. The predicted molar refractivity (Wildman–Crippen MR) is 65.0 cm³/mol. The second kappa shape index (κ2) is 6.02. The number of hydrogen-bond donors (Lipinski definition) is 2. The van der Waals surface area contributed by atoms with Gasteiger partial charge in [0.2, 0.25) is 5.91 Å². The highest BCUT2D eigenvalue weighted by Crippen LogP contribution is 2.20. The van der Waals surface area contributed by atoms with Gasteiger partial charge in [-0.05, 0) is 25.0 Å². The molecule has 1 fully saturated rings. The standard InChI is InChI=1S/C13H19NO4/c15-10-13(5-8-17-9-6-13)14-12(16)4-3-11-2-1-7-18-11/h1-2,7,15H,3-6,8-10H2,(H,14,16). The highest BCUT2D eigenvalue weighted by molar-refractivity contribution is 5.77. The fraction of sp³-hybridized carbons (Fsp3) is 0.615. The Kier molecular flexibility index (Phi) is 4.38. The van der Waals surface area contributed by atoms with E-state index < -0.39 is 5.54 Å². The molecule has 0 aromatic carbocycles. The first-order chi connectivity index (χ1) is 8.74. The van der Waals surface area contributed by atoms with Crippen molar-refractivity contribution in [1.82, 2.24) is 5.32 Å². The lowest BCUT2D eigenvalue weighted by Gasteiger charge is -2.36. The molecule has 0 radical (unpaired) electrons. The second-order valence-electron chi connectivity index (χ2n) is 4.68. The third kappa shape index (κ3) is 3.34. The van der Waals surface area contributed by atoms with Crippen LogP contribution in [0.15, 0.2) is 22.8 Å². The average Bonchev–Trinajstić information content (AvgIpc) is 2.91. The van der Waals surface area contributed by atoms with Crippen molar-refractivity contribution >= 4 is 5.91 Å². The van der Waals surface area contributed by atoms with Gasteiger partial charge in [0.1, 0.15) is 5.76 Å². The molecule has 1 aliphatic heterocycles. The van der Waals surface area contributed by atoms with Crippen LogP contribution in [-0.2, 0) is 16.0 Å². The molecule has 0 unspecified atom stereocenters. The Morgan fingerprint density at radius 1 is 1.44 bits per heavy atom. The minimum atomic E-state index is -0.501. The Hall–Kier alpha value is -1.33. The van der Waals surface area contributed by atoms with Gasteiger partial charge in [0.15, 0.2) is 0 Å². The number of aliphatic hydroxyl groups is 1. The van der Waals surface area contributed by atoms with E-state index >= 15 is 0 Å². The topological polar surface area (TPSA) is 71.7 Å².